The smallest absolute Gasteiger partial charge is 0.248 e. The molecule has 0 unspecified atom stereocenters. The molecular formula is C10H9BrFN3O. The second-order valence-corrected chi connectivity index (χ2v) is 4.02. The van der Waals surface area contributed by atoms with Gasteiger partial charge in [-0.25, -0.2) is 4.39 Å². The number of hydrogen-bond acceptors (Lipinski definition) is 4. The summed E-state index contributed by atoms with van der Waals surface area (Å²) in [6, 6.07) is 4.28. The molecule has 4 nitrogen and oxygen atoms in total. The molecule has 2 aromatic rings. The summed E-state index contributed by atoms with van der Waals surface area (Å²) < 4.78 is 19.1. The summed E-state index contributed by atoms with van der Waals surface area (Å²) in [5.74, 6) is 0.389. The van der Waals surface area contributed by atoms with Crippen LogP contribution in [0.3, 0.4) is 0 Å². The monoisotopic (exact) mass is 285 g/mol. The van der Waals surface area contributed by atoms with Gasteiger partial charge in [0.25, 0.3) is 0 Å². The van der Waals surface area contributed by atoms with Gasteiger partial charge in [0.15, 0.2) is 0 Å². The van der Waals surface area contributed by atoms with Gasteiger partial charge in [-0.1, -0.05) is 0 Å². The molecule has 0 aliphatic carbocycles. The first-order valence-electron chi connectivity index (χ1n) is 4.68. The Kier molecular flexibility index (Phi) is 3.31. The molecular weight excluding hydrogens is 277 g/mol. The average Bonchev–Trinajstić information content (AvgIpc) is 2.71. The second-order valence-electron chi connectivity index (χ2n) is 3.16. The van der Waals surface area contributed by atoms with Gasteiger partial charge in [-0.3, -0.25) is 0 Å². The fraction of sp³-hybridized carbons (Fsp3) is 0.200. The quantitative estimate of drug-likeness (QED) is 0.938. The molecule has 0 atom stereocenters. The maximum atomic E-state index is 13.1. The largest absolute Gasteiger partial charge is 0.421 e. The Balaban J connectivity index is 2.38. The van der Waals surface area contributed by atoms with E-state index in [0.29, 0.717) is 28.9 Å². The first-order chi connectivity index (χ1) is 7.70. The van der Waals surface area contributed by atoms with Crippen LogP contribution in [0.5, 0.6) is 0 Å². The lowest BCUT2D eigenvalue weighted by Gasteiger charge is -1.98. The minimum absolute atomic E-state index is 0.287. The van der Waals surface area contributed by atoms with Crippen molar-refractivity contribution in [2.24, 2.45) is 5.73 Å². The number of nitrogens with zero attached hydrogens (tertiary/aromatic N) is 2. The molecule has 2 rings (SSSR count). The molecule has 0 spiro atoms. The molecule has 1 heterocycles. The highest BCUT2D eigenvalue weighted by Gasteiger charge is 2.12. The molecule has 0 saturated carbocycles. The predicted molar refractivity (Wildman–Crippen MR) is 60.2 cm³/mol. The molecule has 16 heavy (non-hydrogen) atoms. The lowest BCUT2D eigenvalue weighted by atomic mass is 10.2. The van der Waals surface area contributed by atoms with E-state index < -0.39 is 0 Å². The molecule has 0 aliphatic heterocycles. The van der Waals surface area contributed by atoms with Crippen molar-refractivity contribution >= 4 is 15.9 Å². The normalized spacial score (nSPS) is 10.7. The van der Waals surface area contributed by atoms with E-state index in [1.165, 1.54) is 12.1 Å². The third kappa shape index (κ3) is 2.28. The van der Waals surface area contributed by atoms with E-state index in [0.717, 1.165) is 0 Å². The first-order valence-corrected chi connectivity index (χ1v) is 5.48. The highest BCUT2D eigenvalue weighted by molar-refractivity contribution is 9.10. The van der Waals surface area contributed by atoms with Gasteiger partial charge in [0.2, 0.25) is 11.8 Å². The third-order valence-electron chi connectivity index (χ3n) is 1.98. The number of nitrogens with two attached hydrogens (primary N) is 1. The summed E-state index contributed by atoms with van der Waals surface area (Å²) in [6.45, 7) is 0.436. The van der Waals surface area contributed by atoms with E-state index >= 15 is 0 Å². The van der Waals surface area contributed by atoms with Gasteiger partial charge < -0.3 is 10.2 Å². The average molecular weight is 286 g/mol. The summed E-state index contributed by atoms with van der Waals surface area (Å²) in [6.07, 6.45) is 0.514. The van der Waals surface area contributed by atoms with Crippen LogP contribution < -0.4 is 5.73 Å². The summed E-state index contributed by atoms with van der Waals surface area (Å²) in [5, 5.41) is 7.65. The highest BCUT2D eigenvalue weighted by atomic mass is 79.9. The van der Waals surface area contributed by atoms with E-state index in [1.807, 2.05) is 0 Å². The number of benzene rings is 1. The van der Waals surface area contributed by atoms with E-state index in [2.05, 4.69) is 26.1 Å². The van der Waals surface area contributed by atoms with Gasteiger partial charge >= 0.3 is 0 Å². The number of aromatic nitrogens is 2. The molecule has 1 aromatic carbocycles. The first kappa shape index (κ1) is 11.2. The maximum absolute atomic E-state index is 13.1. The van der Waals surface area contributed by atoms with Crippen LogP contribution in [0.15, 0.2) is 27.1 Å². The Hall–Kier alpha value is -1.27. The number of hydrogen-bond donors (Lipinski definition) is 1. The van der Waals surface area contributed by atoms with E-state index in [-0.39, 0.29) is 11.7 Å². The van der Waals surface area contributed by atoms with Crippen LogP contribution in [0.2, 0.25) is 0 Å². The van der Waals surface area contributed by atoms with Crippen molar-refractivity contribution in [3.05, 3.63) is 34.4 Å². The van der Waals surface area contributed by atoms with E-state index in [4.69, 9.17) is 10.2 Å². The Labute approximate surface area is 99.8 Å². The number of halogens is 2. The highest BCUT2D eigenvalue weighted by Crippen LogP contribution is 2.27. The van der Waals surface area contributed by atoms with Gasteiger partial charge in [0.1, 0.15) is 5.82 Å². The van der Waals surface area contributed by atoms with Crippen molar-refractivity contribution in [3.63, 3.8) is 0 Å². The van der Waals surface area contributed by atoms with Crippen LogP contribution in [0.1, 0.15) is 5.89 Å². The molecule has 2 N–H and O–H groups in total. The standard InChI is InChI=1S/C10H9BrFN3O/c11-8-2-1-6(12)5-7(8)10-15-14-9(16-10)3-4-13/h1-2,5H,3-4,13H2. The minimum atomic E-state index is -0.350. The fourth-order valence-corrected chi connectivity index (χ4v) is 1.66. The Morgan fingerprint density at radius 1 is 1.38 bits per heavy atom. The summed E-state index contributed by atoms with van der Waals surface area (Å²) in [5.41, 5.74) is 5.90. The van der Waals surface area contributed by atoms with Crippen molar-refractivity contribution in [1.29, 1.82) is 0 Å². The second kappa shape index (κ2) is 4.71. The van der Waals surface area contributed by atoms with E-state index in [9.17, 15) is 4.39 Å². The Bertz CT molecular complexity index is 501. The van der Waals surface area contributed by atoms with E-state index in [1.54, 1.807) is 6.07 Å². The van der Waals surface area contributed by atoms with Gasteiger partial charge in [-0.2, -0.15) is 0 Å². The van der Waals surface area contributed by atoms with Crippen molar-refractivity contribution < 1.29 is 8.81 Å². The van der Waals surface area contributed by atoms with Crippen LogP contribution in [-0.4, -0.2) is 16.7 Å². The van der Waals surface area contributed by atoms with Gasteiger partial charge in [-0.15, -0.1) is 10.2 Å². The lowest BCUT2D eigenvalue weighted by Crippen LogP contribution is -2.02. The van der Waals surface area contributed by atoms with Gasteiger partial charge in [0, 0.05) is 17.4 Å². The zero-order valence-corrected chi connectivity index (χ0v) is 9.87. The molecule has 0 aliphatic rings. The maximum Gasteiger partial charge on any atom is 0.248 e. The molecule has 6 heteroatoms. The van der Waals surface area contributed by atoms with Crippen molar-refractivity contribution in [2.75, 3.05) is 6.54 Å². The summed E-state index contributed by atoms with van der Waals surface area (Å²) in [4.78, 5) is 0. The molecule has 84 valence electrons. The molecule has 0 radical (unpaired) electrons. The minimum Gasteiger partial charge on any atom is -0.421 e. The van der Waals surface area contributed by atoms with Crippen LogP contribution in [0.4, 0.5) is 4.39 Å². The number of rotatable bonds is 3. The molecule has 0 fully saturated rings. The summed E-state index contributed by atoms with van der Waals surface area (Å²) >= 11 is 3.30. The SMILES string of the molecule is NCCc1nnc(-c2cc(F)ccc2Br)o1. The Morgan fingerprint density at radius 3 is 2.94 bits per heavy atom. The van der Waals surface area contributed by atoms with Crippen molar-refractivity contribution in [2.45, 2.75) is 6.42 Å². The van der Waals surface area contributed by atoms with Crippen LogP contribution in [0, 0.1) is 5.82 Å². The van der Waals surface area contributed by atoms with Crippen molar-refractivity contribution in [3.8, 4) is 11.5 Å². The zero-order valence-electron chi connectivity index (χ0n) is 8.28. The van der Waals surface area contributed by atoms with Crippen LogP contribution in [-0.2, 0) is 6.42 Å². The van der Waals surface area contributed by atoms with Crippen LogP contribution in [0.25, 0.3) is 11.5 Å². The summed E-state index contributed by atoms with van der Waals surface area (Å²) in [7, 11) is 0. The molecule has 0 saturated heterocycles. The fourth-order valence-electron chi connectivity index (χ4n) is 1.25. The molecule has 0 bridgehead atoms. The van der Waals surface area contributed by atoms with Crippen LogP contribution >= 0.6 is 15.9 Å². The predicted octanol–water partition coefficient (Wildman–Crippen LogP) is 2.14. The molecule has 0 amide bonds. The molecule has 1 aromatic heterocycles. The lowest BCUT2D eigenvalue weighted by molar-refractivity contribution is 0.506. The van der Waals surface area contributed by atoms with Gasteiger partial charge in [0.05, 0.1) is 5.56 Å². The Morgan fingerprint density at radius 2 is 2.19 bits per heavy atom. The third-order valence-corrected chi connectivity index (χ3v) is 2.68. The van der Waals surface area contributed by atoms with Gasteiger partial charge in [-0.05, 0) is 34.1 Å². The van der Waals surface area contributed by atoms with Crippen molar-refractivity contribution in [1.82, 2.24) is 10.2 Å². The zero-order chi connectivity index (χ0) is 11.5. The topological polar surface area (TPSA) is 64.9 Å².